The molecule has 0 saturated carbocycles. The van der Waals surface area contributed by atoms with Crippen LogP contribution in [0, 0.1) is 0 Å². The van der Waals surface area contributed by atoms with Crippen LogP contribution in [0.4, 0.5) is 0 Å². The van der Waals surface area contributed by atoms with Crippen molar-refractivity contribution >= 4 is 11.1 Å². The third-order valence-electron chi connectivity index (χ3n) is 2.10. The molecule has 0 bridgehead atoms. The first kappa shape index (κ1) is 10.7. The molecule has 14 heavy (non-hydrogen) atoms. The van der Waals surface area contributed by atoms with Crippen molar-refractivity contribution in [2.24, 2.45) is 7.05 Å². The van der Waals surface area contributed by atoms with Gasteiger partial charge in [-0.15, -0.1) is 0 Å². The Kier molecular flexibility index (Phi) is 2.89. The first-order valence-corrected chi connectivity index (χ1v) is 4.61. The molecule has 1 aromatic rings. The van der Waals surface area contributed by atoms with E-state index in [0.717, 1.165) is 21.7 Å². The Morgan fingerprint density at radius 3 is 2.21 bits per heavy atom. The van der Waals surface area contributed by atoms with Crippen LogP contribution < -0.4 is 16.1 Å². The summed E-state index contributed by atoms with van der Waals surface area (Å²) in [4.78, 5) is 16.1. The normalized spacial score (nSPS) is 10.1. The van der Waals surface area contributed by atoms with Crippen LogP contribution in [0.15, 0.2) is 11.1 Å². The lowest BCUT2D eigenvalue weighted by Gasteiger charge is -1.99. The molecule has 0 fully saturated rings. The number of rotatable bonds is 0. The number of nitrogens with zero attached hydrogens (tertiary/aromatic N) is 2. The van der Waals surface area contributed by atoms with Gasteiger partial charge in [0.15, 0.2) is 0 Å². The Morgan fingerprint density at radius 2 is 1.79 bits per heavy atom. The van der Waals surface area contributed by atoms with Crippen LogP contribution in [0.2, 0.25) is 0 Å². The highest BCUT2D eigenvalue weighted by Gasteiger charge is 1.99. The molecule has 0 aliphatic carbocycles. The second kappa shape index (κ2) is 3.78. The van der Waals surface area contributed by atoms with Crippen LogP contribution in [-0.2, 0) is 7.05 Å². The van der Waals surface area contributed by atoms with Gasteiger partial charge in [-0.2, -0.15) is 0 Å². The average Bonchev–Trinajstić information content (AvgIpc) is 2.08. The summed E-state index contributed by atoms with van der Waals surface area (Å²) in [6.07, 6.45) is 1.57. The Bertz CT molecular complexity index is 515. The summed E-state index contributed by atoms with van der Waals surface area (Å²) >= 11 is 0. The highest BCUT2D eigenvalue weighted by Crippen LogP contribution is 1.83. The molecule has 0 radical (unpaired) electrons. The zero-order chi connectivity index (χ0) is 10.9. The number of hydrogen-bond donors (Lipinski definition) is 0. The van der Waals surface area contributed by atoms with Crippen molar-refractivity contribution in [3.63, 3.8) is 0 Å². The summed E-state index contributed by atoms with van der Waals surface area (Å²) in [7, 11) is 1.72. The van der Waals surface area contributed by atoms with Crippen molar-refractivity contribution in [3.05, 3.63) is 27.2 Å². The Labute approximate surface area is 83.4 Å². The summed E-state index contributed by atoms with van der Waals surface area (Å²) in [6, 6.07) is 0. The molecule has 0 aromatic carbocycles. The molecule has 0 spiro atoms. The van der Waals surface area contributed by atoms with Crippen LogP contribution in [0.3, 0.4) is 0 Å². The lowest BCUT2D eigenvalue weighted by Crippen LogP contribution is -2.47. The van der Waals surface area contributed by atoms with E-state index in [4.69, 9.17) is 0 Å². The van der Waals surface area contributed by atoms with Gasteiger partial charge in [0.05, 0.1) is 16.9 Å². The fraction of sp³-hybridized carbons (Fsp3) is 0.455. The van der Waals surface area contributed by atoms with Crippen molar-refractivity contribution in [3.8, 4) is 0 Å². The minimum atomic E-state index is 0.0243. The zero-order valence-electron chi connectivity index (χ0n) is 9.38. The molecule has 1 rings (SSSR count). The maximum absolute atomic E-state index is 11.8. The molecule has 0 amide bonds. The number of hydrogen-bond acceptors (Lipinski definition) is 2. The van der Waals surface area contributed by atoms with E-state index in [-0.39, 0.29) is 5.56 Å². The Morgan fingerprint density at radius 1 is 1.21 bits per heavy atom. The monoisotopic (exact) mass is 192 g/mol. The lowest BCUT2D eigenvalue weighted by atomic mass is 10.2. The second-order valence-electron chi connectivity index (χ2n) is 3.88. The van der Waals surface area contributed by atoms with E-state index < -0.39 is 0 Å². The molecule has 1 aromatic heterocycles. The van der Waals surface area contributed by atoms with Gasteiger partial charge in [-0.05, 0) is 33.3 Å². The standard InChI is InChI=1S/C11H16N2O/c1-7(2)9-10(8(3)4)12-6-13(5)11(9)14/h6H,1-5H3. The first-order chi connectivity index (χ1) is 6.45. The van der Waals surface area contributed by atoms with E-state index in [1.165, 1.54) is 4.57 Å². The molecule has 3 nitrogen and oxygen atoms in total. The smallest absolute Gasteiger partial charge is 0.260 e. The minimum Gasteiger partial charge on any atom is -0.302 e. The Balaban J connectivity index is 4.06. The fourth-order valence-corrected chi connectivity index (χ4v) is 1.37. The minimum absolute atomic E-state index is 0.0243. The summed E-state index contributed by atoms with van der Waals surface area (Å²) < 4.78 is 1.51. The fourth-order valence-electron chi connectivity index (χ4n) is 1.37. The summed E-state index contributed by atoms with van der Waals surface area (Å²) in [5.41, 5.74) is 2.10. The van der Waals surface area contributed by atoms with Crippen LogP contribution in [-0.4, -0.2) is 9.55 Å². The van der Waals surface area contributed by atoms with Gasteiger partial charge in [0.25, 0.3) is 5.56 Å². The quantitative estimate of drug-likeness (QED) is 0.587. The van der Waals surface area contributed by atoms with Gasteiger partial charge < -0.3 is 4.57 Å². The Hall–Kier alpha value is -1.38. The third kappa shape index (κ3) is 1.76. The second-order valence-corrected chi connectivity index (χ2v) is 3.88. The van der Waals surface area contributed by atoms with Crippen molar-refractivity contribution in [2.45, 2.75) is 27.7 Å². The summed E-state index contributed by atoms with van der Waals surface area (Å²) in [6.45, 7) is 7.80. The summed E-state index contributed by atoms with van der Waals surface area (Å²) in [5, 5.41) is 1.54. The van der Waals surface area contributed by atoms with Crippen molar-refractivity contribution in [2.75, 3.05) is 0 Å². The topological polar surface area (TPSA) is 34.9 Å². The first-order valence-electron chi connectivity index (χ1n) is 4.61. The molecular weight excluding hydrogens is 176 g/mol. The van der Waals surface area contributed by atoms with Crippen LogP contribution in [0.1, 0.15) is 27.7 Å². The molecular formula is C11H16N2O. The summed E-state index contributed by atoms with van der Waals surface area (Å²) in [5.74, 6) is 0. The molecule has 1 heterocycles. The molecule has 0 aliphatic heterocycles. The van der Waals surface area contributed by atoms with Gasteiger partial charge in [0.1, 0.15) is 0 Å². The van der Waals surface area contributed by atoms with Crippen LogP contribution in [0.5, 0.6) is 0 Å². The predicted molar refractivity (Wildman–Crippen MR) is 58.2 cm³/mol. The molecule has 0 saturated heterocycles. The number of aryl methyl sites for hydroxylation is 1. The van der Waals surface area contributed by atoms with Gasteiger partial charge in [0.2, 0.25) is 0 Å². The molecule has 0 unspecified atom stereocenters. The SMILES string of the molecule is CC(C)=c1ncn(C)c(=O)c1=C(C)C. The van der Waals surface area contributed by atoms with Crippen LogP contribution in [0.25, 0.3) is 11.1 Å². The number of aromatic nitrogens is 2. The molecule has 0 N–H and O–H groups in total. The van der Waals surface area contributed by atoms with E-state index in [1.54, 1.807) is 13.4 Å². The van der Waals surface area contributed by atoms with E-state index in [0.29, 0.717) is 0 Å². The predicted octanol–water partition coefficient (Wildman–Crippen LogP) is 0.161. The van der Waals surface area contributed by atoms with Gasteiger partial charge in [0, 0.05) is 7.05 Å². The van der Waals surface area contributed by atoms with E-state index in [9.17, 15) is 4.79 Å². The van der Waals surface area contributed by atoms with Gasteiger partial charge in [-0.1, -0.05) is 5.57 Å². The highest BCUT2D eigenvalue weighted by molar-refractivity contribution is 5.43. The maximum atomic E-state index is 11.8. The van der Waals surface area contributed by atoms with Crippen molar-refractivity contribution in [1.82, 2.24) is 9.55 Å². The molecule has 3 heteroatoms. The maximum Gasteiger partial charge on any atom is 0.260 e. The van der Waals surface area contributed by atoms with Gasteiger partial charge >= 0.3 is 0 Å². The average molecular weight is 192 g/mol. The highest BCUT2D eigenvalue weighted by atomic mass is 16.1. The molecule has 0 atom stereocenters. The van der Waals surface area contributed by atoms with E-state index in [2.05, 4.69) is 4.98 Å². The molecule has 76 valence electrons. The van der Waals surface area contributed by atoms with Gasteiger partial charge in [-0.25, -0.2) is 4.98 Å². The van der Waals surface area contributed by atoms with Crippen molar-refractivity contribution in [1.29, 1.82) is 0 Å². The molecule has 0 aliphatic rings. The van der Waals surface area contributed by atoms with Gasteiger partial charge in [-0.3, -0.25) is 4.79 Å². The lowest BCUT2D eigenvalue weighted by molar-refractivity contribution is 0.800. The van der Waals surface area contributed by atoms with E-state index >= 15 is 0 Å². The van der Waals surface area contributed by atoms with Crippen LogP contribution >= 0.6 is 0 Å². The largest absolute Gasteiger partial charge is 0.302 e. The van der Waals surface area contributed by atoms with Crippen molar-refractivity contribution < 1.29 is 0 Å². The zero-order valence-corrected chi connectivity index (χ0v) is 9.38. The third-order valence-corrected chi connectivity index (χ3v) is 2.10. The van der Waals surface area contributed by atoms with E-state index in [1.807, 2.05) is 27.7 Å².